The third-order valence-electron chi connectivity index (χ3n) is 3.45. The van der Waals surface area contributed by atoms with E-state index in [9.17, 15) is 9.18 Å². The quantitative estimate of drug-likeness (QED) is 0.855. The first kappa shape index (κ1) is 14.1. The van der Waals surface area contributed by atoms with E-state index in [1.165, 1.54) is 29.5 Å². The second-order valence-electron chi connectivity index (χ2n) is 4.86. The molecule has 1 aliphatic rings. The van der Waals surface area contributed by atoms with E-state index < -0.39 is 6.04 Å². The van der Waals surface area contributed by atoms with Crippen LogP contribution in [-0.4, -0.2) is 33.0 Å². The van der Waals surface area contributed by atoms with Crippen LogP contribution in [-0.2, 0) is 4.79 Å². The summed E-state index contributed by atoms with van der Waals surface area (Å²) in [5.74, 6) is 0.484. The van der Waals surface area contributed by atoms with Crippen LogP contribution in [0.5, 0.6) is 0 Å². The fourth-order valence-electron chi connectivity index (χ4n) is 2.33. The normalized spacial score (nSPS) is 16.2. The molecule has 0 saturated heterocycles. The van der Waals surface area contributed by atoms with Gasteiger partial charge in [-0.1, -0.05) is 0 Å². The zero-order valence-corrected chi connectivity index (χ0v) is 12.4. The van der Waals surface area contributed by atoms with Crippen molar-refractivity contribution in [1.82, 2.24) is 14.8 Å². The molecule has 1 atom stereocenters. The minimum absolute atomic E-state index is 0.102. The maximum atomic E-state index is 13.6. The van der Waals surface area contributed by atoms with Crippen LogP contribution >= 0.6 is 11.8 Å². The molecule has 1 aliphatic heterocycles. The van der Waals surface area contributed by atoms with Crippen molar-refractivity contribution in [1.29, 1.82) is 0 Å². The average Bonchev–Trinajstić information content (AvgIpc) is 2.94. The maximum Gasteiger partial charge on any atom is 0.251 e. The molecule has 0 bridgehead atoms. The van der Waals surface area contributed by atoms with E-state index in [0.29, 0.717) is 12.2 Å². The van der Waals surface area contributed by atoms with Crippen LogP contribution < -0.4 is 4.90 Å². The molecule has 0 N–H and O–H groups in total. The number of carbonyl (C=O) groups excluding carboxylic acids is 1. The van der Waals surface area contributed by atoms with E-state index in [1.54, 1.807) is 29.7 Å². The summed E-state index contributed by atoms with van der Waals surface area (Å²) in [5, 5.41) is 4.01. The summed E-state index contributed by atoms with van der Waals surface area (Å²) >= 11 is 1.65. The van der Waals surface area contributed by atoms with E-state index >= 15 is 0 Å². The van der Waals surface area contributed by atoms with Gasteiger partial charge in [0.05, 0.1) is 5.69 Å². The van der Waals surface area contributed by atoms with Crippen molar-refractivity contribution in [3.63, 3.8) is 0 Å². The van der Waals surface area contributed by atoms with Gasteiger partial charge in [-0.15, -0.1) is 11.8 Å². The molecule has 0 spiro atoms. The molecule has 0 radical (unpaired) electrons. The highest BCUT2D eigenvalue weighted by Crippen LogP contribution is 2.35. The molecule has 0 aliphatic carbocycles. The number of benzene rings is 1. The first-order valence-corrected chi connectivity index (χ1v) is 7.73. The Morgan fingerprint density at radius 2 is 2.33 bits per heavy atom. The van der Waals surface area contributed by atoms with Crippen molar-refractivity contribution < 1.29 is 9.18 Å². The molecule has 7 heteroatoms. The van der Waals surface area contributed by atoms with E-state index in [2.05, 4.69) is 10.1 Å². The van der Waals surface area contributed by atoms with Crippen molar-refractivity contribution in [3.8, 4) is 0 Å². The fraction of sp³-hybridized carbons (Fsp3) is 0.357. The van der Waals surface area contributed by atoms with Gasteiger partial charge in [0, 0.05) is 11.4 Å². The number of rotatable bonds is 2. The molecule has 1 aromatic heterocycles. The van der Waals surface area contributed by atoms with Crippen LogP contribution in [0.3, 0.4) is 0 Å². The Labute approximate surface area is 126 Å². The molecule has 5 nitrogen and oxygen atoms in total. The number of aromatic nitrogens is 3. The summed E-state index contributed by atoms with van der Waals surface area (Å²) in [4.78, 5) is 19.2. The molecular formula is C14H15FN4OS. The van der Waals surface area contributed by atoms with Gasteiger partial charge in [-0.05, 0) is 37.3 Å². The number of carbonyl (C=O) groups is 1. The number of fused-ring (bicyclic) bond motifs is 1. The summed E-state index contributed by atoms with van der Waals surface area (Å²) in [6.07, 6.45) is 3.79. The lowest BCUT2D eigenvalue weighted by Crippen LogP contribution is -2.37. The molecule has 21 heavy (non-hydrogen) atoms. The van der Waals surface area contributed by atoms with Gasteiger partial charge in [0.2, 0.25) is 0 Å². The number of anilines is 1. The van der Waals surface area contributed by atoms with Gasteiger partial charge < -0.3 is 4.90 Å². The molecule has 2 heterocycles. The number of thioether (sulfide) groups is 1. The third-order valence-corrected chi connectivity index (χ3v) is 4.60. The van der Waals surface area contributed by atoms with Crippen LogP contribution in [0.2, 0.25) is 0 Å². The van der Waals surface area contributed by atoms with Gasteiger partial charge >= 0.3 is 0 Å². The topological polar surface area (TPSA) is 51.0 Å². The summed E-state index contributed by atoms with van der Waals surface area (Å²) in [5.41, 5.74) is 0.648. The van der Waals surface area contributed by atoms with Crippen molar-refractivity contribution in [2.24, 2.45) is 0 Å². The van der Waals surface area contributed by atoms with Crippen molar-refractivity contribution in [2.75, 3.05) is 17.2 Å². The zero-order chi connectivity index (χ0) is 14.8. The number of hydrogen-bond donors (Lipinski definition) is 0. The summed E-state index contributed by atoms with van der Waals surface area (Å²) in [6, 6.07) is 4.13. The molecule has 1 aromatic carbocycles. The largest absolute Gasteiger partial charge is 0.309 e. The first-order chi connectivity index (χ1) is 10.2. The number of amides is 1. The van der Waals surface area contributed by atoms with Gasteiger partial charge in [-0.2, -0.15) is 5.10 Å². The fourth-order valence-corrected chi connectivity index (χ4v) is 3.31. The van der Waals surface area contributed by atoms with Gasteiger partial charge in [0.25, 0.3) is 5.91 Å². The Morgan fingerprint density at radius 3 is 3.10 bits per heavy atom. The molecule has 3 rings (SSSR count). The Balaban J connectivity index is 1.94. The maximum absolute atomic E-state index is 13.6. The molecule has 2 aromatic rings. The molecule has 0 unspecified atom stereocenters. The van der Waals surface area contributed by atoms with E-state index in [1.807, 2.05) is 0 Å². The van der Waals surface area contributed by atoms with Crippen LogP contribution in [0, 0.1) is 5.82 Å². The minimum atomic E-state index is -0.466. The van der Waals surface area contributed by atoms with E-state index in [4.69, 9.17) is 0 Å². The van der Waals surface area contributed by atoms with Gasteiger partial charge in [-0.3, -0.25) is 4.79 Å². The molecule has 1 amide bonds. The lowest BCUT2D eigenvalue weighted by atomic mass is 10.2. The van der Waals surface area contributed by atoms with Gasteiger partial charge in [0.15, 0.2) is 0 Å². The minimum Gasteiger partial charge on any atom is -0.309 e. The third kappa shape index (κ3) is 2.78. The Kier molecular flexibility index (Phi) is 3.92. The second-order valence-corrected chi connectivity index (χ2v) is 5.99. The predicted octanol–water partition coefficient (Wildman–Crippen LogP) is 2.51. The Morgan fingerprint density at radius 1 is 1.48 bits per heavy atom. The number of hydrogen-bond acceptors (Lipinski definition) is 4. The van der Waals surface area contributed by atoms with E-state index in [0.717, 1.165) is 17.1 Å². The van der Waals surface area contributed by atoms with Crippen molar-refractivity contribution >= 4 is 23.4 Å². The second kappa shape index (κ2) is 5.85. The van der Waals surface area contributed by atoms with Crippen LogP contribution in [0.25, 0.3) is 0 Å². The van der Waals surface area contributed by atoms with Gasteiger partial charge in [0.1, 0.15) is 24.5 Å². The number of nitrogens with zero attached hydrogens (tertiary/aromatic N) is 4. The molecule has 0 fully saturated rings. The highest BCUT2D eigenvalue weighted by Gasteiger charge is 2.27. The first-order valence-electron chi connectivity index (χ1n) is 6.74. The standard InChI is InChI=1S/C14H15FN4OS/c1-10(19-9-16-8-17-19)14(20)18-5-2-6-21-13-4-3-11(15)7-12(13)18/h3-4,7-10H,2,5-6H2,1H3/t10-/m0/s1. The Bertz CT molecular complexity index is 646. The Hall–Kier alpha value is -1.89. The lowest BCUT2D eigenvalue weighted by molar-refractivity contribution is -0.121. The number of halogens is 1. The highest BCUT2D eigenvalue weighted by molar-refractivity contribution is 7.99. The SMILES string of the molecule is C[C@@H](C(=O)N1CCCSc2ccc(F)cc21)n1cncn1. The van der Waals surface area contributed by atoms with E-state index in [-0.39, 0.29) is 11.7 Å². The highest BCUT2D eigenvalue weighted by atomic mass is 32.2. The van der Waals surface area contributed by atoms with Gasteiger partial charge in [-0.25, -0.2) is 14.1 Å². The monoisotopic (exact) mass is 306 g/mol. The molecule has 0 saturated carbocycles. The smallest absolute Gasteiger partial charge is 0.251 e. The molecular weight excluding hydrogens is 291 g/mol. The predicted molar refractivity (Wildman–Crippen MR) is 78.8 cm³/mol. The molecule has 110 valence electrons. The average molecular weight is 306 g/mol. The lowest BCUT2D eigenvalue weighted by Gasteiger charge is -2.25. The van der Waals surface area contributed by atoms with Crippen LogP contribution in [0.15, 0.2) is 35.7 Å². The van der Waals surface area contributed by atoms with Crippen LogP contribution in [0.4, 0.5) is 10.1 Å². The summed E-state index contributed by atoms with van der Waals surface area (Å²) in [7, 11) is 0. The van der Waals surface area contributed by atoms with Crippen molar-refractivity contribution in [2.45, 2.75) is 24.3 Å². The van der Waals surface area contributed by atoms with Crippen molar-refractivity contribution in [3.05, 3.63) is 36.7 Å². The summed E-state index contributed by atoms with van der Waals surface area (Å²) < 4.78 is 15.1. The zero-order valence-electron chi connectivity index (χ0n) is 11.6. The summed E-state index contributed by atoms with van der Waals surface area (Å²) in [6.45, 7) is 2.36. The van der Waals surface area contributed by atoms with Crippen LogP contribution in [0.1, 0.15) is 19.4 Å².